The Balaban J connectivity index is 0.000000164. The Morgan fingerprint density at radius 1 is 0.600 bits per heavy atom. The number of hydrogen-bond donors (Lipinski definition) is 8. The normalized spacial score (nSPS) is 27.2. The largest absolute Gasteiger partial charge is 0.390 e. The minimum absolute atomic E-state index is 0.111. The molecule has 0 amide bonds. The lowest BCUT2D eigenvalue weighted by Crippen LogP contribution is -2.33. The van der Waals surface area contributed by atoms with Crippen LogP contribution in [0.1, 0.15) is 63.4 Å². The van der Waals surface area contributed by atoms with Crippen molar-refractivity contribution < 1.29 is 39.4 Å². The van der Waals surface area contributed by atoms with E-state index in [1.807, 2.05) is 13.8 Å². The maximum atomic E-state index is 12.2. The van der Waals surface area contributed by atoms with Gasteiger partial charge in [-0.2, -0.15) is 4.98 Å². The van der Waals surface area contributed by atoms with Crippen LogP contribution < -0.4 is 22.0 Å². The maximum Gasteiger partial charge on any atom is 0.280 e. The van der Waals surface area contributed by atoms with Crippen LogP contribution in [-0.4, -0.2) is 219 Å². The SMILES string of the molecule is C=P(C)(C)CC[C@H]1OC(n2cnc3c(=O)[nH]c(C)nc32)[C@H](C)[C@@H]1O.C=P(C)(C)CC[C@H]1OC(n2cnc3c(=O)[nH]c(C)nc32)[C@H](OC)[C@@H]1O.C=P(C)(C)CC[C@H]1OC(n2cnc3c(=O)[nH]c(NCC)nc32)[C@H](O)[C@@H]1O. The third-order valence-electron chi connectivity index (χ3n) is 13.4. The topological polar surface area (TPSA) is 321 Å². The van der Waals surface area contributed by atoms with Gasteiger partial charge >= 0.3 is 0 Å². The van der Waals surface area contributed by atoms with Crippen molar-refractivity contribution in [1.29, 1.82) is 0 Å². The van der Waals surface area contributed by atoms with Gasteiger partial charge in [0.15, 0.2) is 45.9 Å². The fourth-order valence-electron chi connectivity index (χ4n) is 9.32. The number of methoxy groups -OCH3 is 1. The van der Waals surface area contributed by atoms with E-state index in [0.717, 1.165) is 24.9 Å². The van der Waals surface area contributed by atoms with Crippen molar-refractivity contribution in [3.05, 3.63) is 61.7 Å². The minimum atomic E-state index is -1.26. The Labute approximate surface area is 435 Å². The number of aryl methyl sites for hydroxylation is 2. The second-order valence-corrected chi connectivity index (χ2v) is 34.7. The summed E-state index contributed by atoms with van der Waals surface area (Å²) in [6.45, 7) is 17.1. The van der Waals surface area contributed by atoms with Crippen LogP contribution >= 0.6 is 20.7 Å². The monoisotopic (exact) mass is 1100 g/mol. The van der Waals surface area contributed by atoms with Gasteiger partial charge in [-0.1, -0.05) is 6.92 Å². The summed E-state index contributed by atoms with van der Waals surface area (Å²) in [4.78, 5) is 69.6. The highest BCUT2D eigenvalue weighted by Crippen LogP contribution is 2.43. The number of aliphatic hydroxyl groups excluding tert-OH is 4. The van der Waals surface area contributed by atoms with Gasteiger partial charge < -0.3 is 54.7 Å². The Morgan fingerprint density at radius 3 is 1.44 bits per heavy atom. The number of rotatable bonds is 15. The number of H-pyrrole nitrogens is 3. The van der Waals surface area contributed by atoms with Crippen molar-refractivity contribution in [2.45, 2.75) is 114 Å². The first kappa shape index (κ1) is 58.1. The van der Waals surface area contributed by atoms with E-state index in [1.54, 1.807) is 29.3 Å². The molecule has 3 fully saturated rings. The van der Waals surface area contributed by atoms with Gasteiger partial charge in [0.05, 0.1) is 43.4 Å². The zero-order valence-electron chi connectivity index (χ0n) is 44.7. The Bertz CT molecular complexity index is 3300. The molecule has 27 heteroatoms. The number of aromatic amines is 3. The molecule has 75 heavy (non-hydrogen) atoms. The molecule has 3 aliphatic rings. The lowest BCUT2D eigenvalue weighted by molar-refractivity contribution is -0.0496. The third kappa shape index (κ3) is 13.4. The first-order valence-electron chi connectivity index (χ1n) is 24.9. The van der Waals surface area contributed by atoms with E-state index in [4.69, 9.17) is 18.9 Å². The van der Waals surface area contributed by atoms with Crippen molar-refractivity contribution in [3.63, 3.8) is 0 Å². The second kappa shape index (κ2) is 23.2. The Hall–Kier alpha value is -4.57. The van der Waals surface area contributed by atoms with Crippen molar-refractivity contribution >= 4 is 79.0 Å². The molecule has 8 N–H and O–H groups in total. The van der Waals surface area contributed by atoms with E-state index in [-0.39, 0.29) is 52.1 Å². The van der Waals surface area contributed by atoms with Crippen LogP contribution in [-0.2, 0) is 18.9 Å². The van der Waals surface area contributed by atoms with Crippen molar-refractivity contribution in [2.75, 3.05) is 77.4 Å². The third-order valence-corrected chi connectivity index (χ3v) is 17.8. The summed E-state index contributed by atoms with van der Waals surface area (Å²) < 4.78 is 28.5. The second-order valence-electron chi connectivity index (χ2n) is 21.8. The molecule has 0 radical (unpaired) electrons. The summed E-state index contributed by atoms with van der Waals surface area (Å²) in [5.74, 6) is 1.23. The summed E-state index contributed by atoms with van der Waals surface area (Å²) in [6, 6.07) is 0. The fourth-order valence-corrected chi connectivity index (χ4v) is 12.2. The van der Waals surface area contributed by atoms with E-state index in [9.17, 15) is 34.8 Å². The molecule has 0 aliphatic carbocycles. The molecule has 3 saturated heterocycles. The molecule has 12 atom stereocenters. The average Bonchev–Trinajstić information content (AvgIpc) is 4.17. The molecule has 3 aliphatic heterocycles. The molecule has 0 bridgehead atoms. The van der Waals surface area contributed by atoms with Gasteiger partial charge in [0.2, 0.25) is 5.95 Å². The molecule has 9 rings (SSSR count). The zero-order valence-corrected chi connectivity index (χ0v) is 47.4. The predicted molar refractivity (Wildman–Crippen MR) is 300 cm³/mol. The molecule has 3 unspecified atom stereocenters. The van der Waals surface area contributed by atoms with Crippen LogP contribution in [0.5, 0.6) is 0 Å². The highest BCUT2D eigenvalue weighted by atomic mass is 31.2. The lowest BCUT2D eigenvalue weighted by Gasteiger charge is -2.20. The van der Waals surface area contributed by atoms with Crippen molar-refractivity contribution in [1.82, 2.24) is 58.6 Å². The van der Waals surface area contributed by atoms with Crippen molar-refractivity contribution in [2.24, 2.45) is 5.92 Å². The van der Waals surface area contributed by atoms with Crippen molar-refractivity contribution in [3.8, 4) is 0 Å². The smallest absolute Gasteiger partial charge is 0.280 e. The molecular weight excluding hydrogens is 1030 g/mol. The summed E-state index contributed by atoms with van der Waals surface area (Å²) in [5, 5.41) is 45.0. The number of ether oxygens (including phenoxy) is 4. The van der Waals surface area contributed by atoms with Gasteiger partial charge in [-0.15, -0.1) is 39.6 Å². The van der Waals surface area contributed by atoms with Crippen LogP contribution in [0.3, 0.4) is 0 Å². The number of nitrogens with one attached hydrogen (secondary N) is 4. The molecule has 0 spiro atoms. The fraction of sp³-hybridized carbons (Fsp3) is 0.625. The number of aliphatic hydroxyl groups is 4. The molecule has 9 heterocycles. The molecule has 6 aromatic rings. The number of nitrogens with zero attached hydrogens (tertiary/aromatic N) is 9. The lowest BCUT2D eigenvalue weighted by atomic mass is 10.0. The van der Waals surface area contributed by atoms with E-state index < -0.39 is 69.7 Å². The molecular formula is C48H76N13O11P3. The quantitative estimate of drug-likeness (QED) is 0.0685. The van der Waals surface area contributed by atoms with E-state index >= 15 is 0 Å². The maximum absolute atomic E-state index is 12.2. The van der Waals surface area contributed by atoms with Gasteiger partial charge in [-0.05, 0) is 98.5 Å². The average molecular weight is 1100 g/mol. The number of aromatic nitrogens is 12. The summed E-state index contributed by atoms with van der Waals surface area (Å²) in [6.07, 6.45) is 15.0. The van der Waals surface area contributed by atoms with Crippen LogP contribution in [0.4, 0.5) is 5.95 Å². The molecule has 414 valence electrons. The minimum Gasteiger partial charge on any atom is -0.390 e. The molecule has 0 aromatic carbocycles. The molecule has 24 nitrogen and oxygen atoms in total. The number of fused-ring (bicyclic) bond motifs is 3. The van der Waals surface area contributed by atoms with Gasteiger partial charge in [0.1, 0.15) is 42.3 Å². The first-order valence-corrected chi connectivity index (χ1v) is 34.1. The van der Waals surface area contributed by atoms with Gasteiger partial charge in [0, 0.05) is 19.6 Å². The van der Waals surface area contributed by atoms with E-state index in [2.05, 4.69) is 109 Å². The van der Waals surface area contributed by atoms with Crippen LogP contribution in [0.2, 0.25) is 0 Å². The summed E-state index contributed by atoms with van der Waals surface area (Å²) in [5.41, 5.74) is 0.967. The Morgan fingerprint density at radius 2 is 0.987 bits per heavy atom. The number of anilines is 1. The molecule has 0 saturated carbocycles. The van der Waals surface area contributed by atoms with Crippen LogP contribution in [0, 0.1) is 19.8 Å². The Kier molecular flexibility index (Phi) is 18.0. The molecule has 6 aromatic heterocycles. The van der Waals surface area contributed by atoms with Crippen LogP contribution in [0.25, 0.3) is 33.5 Å². The van der Waals surface area contributed by atoms with Gasteiger partial charge in [0.25, 0.3) is 16.7 Å². The summed E-state index contributed by atoms with van der Waals surface area (Å²) >= 11 is 0. The van der Waals surface area contributed by atoms with E-state index in [1.165, 1.54) is 24.3 Å². The van der Waals surface area contributed by atoms with E-state index in [0.29, 0.717) is 59.4 Å². The highest BCUT2D eigenvalue weighted by Gasteiger charge is 2.47. The van der Waals surface area contributed by atoms with Gasteiger partial charge in [-0.25, -0.2) is 24.9 Å². The van der Waals surface area contributed by atoms with Gasteiger partial charge in [-0.3, -0.25) is 33.1 Å². The standard InChI is InChI=1S/C16H26N5O4P.C16H25N4O4P.C16H25N4O3P/c1-5-17-16-19-13-10(14(24)20-16)18-8-21(13)15-12(23)11(22)9(25-15)6-7-26(2,3)4;1-9-18-14-11(15(22)19-9)17-8-20(14)16-13(23-2)12(21)10(24-16)6-7-25(3,4)5;1-9-13(21)11(6-7-24(3,4)5)23-16(9)20-8-17-12-14(20)18-10(2)19-15(12)22/h8-9,11-12,15,22-23H,2,5-7H2,1,3-4H3,(H2,17,19,20,24);8,10,12-13,16,21H,3,6-7H2,1-2,4-5H3,(H,18,19,22);8-9,11,13,16,21H,3,6-7H2,1-2,4-5H3,(H,18,19,22)/t9-,11-,12-,15?;10-,12-,13-,16?;9-,11-,13+,16?/m111/s1. The highest BCUT2D eigenvalue weighted by molar-refractivity contribution is 7.72. The zero-order chi connectivity index (χ0) is 55.1. The number of imidazole rings is 3. The summed E-state index contributed by atoms with van der Waals surface area (Å²) in [7, 11) is 1.54. The predicted octanol–water partition coefficient (Wildman–Crippen LogP) is 2.49. The first-order chi connectivity index (χ1) is 35.1. The van der Waals surface area contributed by atoms with Crippen LogP contribution in [0.15, 0.2) is 33.4 Å². The number of hydrogen-bond acceptors (Lipinski definition) is 18.